The lowest BCUT2D eigenvalue weighted by atomic mass is 9.75. The molecule has 2 aliphatic rings. The molecular formula is C16H19F3O. The first-order valence-corrected chi connectivity index (χ1v) is 7.20. The molecule has 0 amide bonds. The third-order valence-corrected chi connectivity index (χ3v) is 4.77. The molecule has 1 saturated heterocycles. The second-order valence-electron chi connectivity index (χ2n) is 6.32. The standard InChI is InChI=1S/C16H19F3O/c17-16(18,19)11-15(13-6-2-1-3-7-13)10-14(12-20-15)8-4-5-9-14/h1-3,6-7H,4-5,8-12H2/t15-/m1/s1. The van der Waals surface area contributed by atoms with Crippen molar-refractivity contribution in [1.29, 1.82) is 0 Å². The zero-order valence-corrected chi connectivity index (χ0v) is 11.4. The molecule has 1 saturated carbocycles. The van der Waals surface area contributed by atoms with Crippen molar-refractivity contribution in [2.24, 2.45) is 5.41 Å². The molecule has 0 N–H and O–H groups in total. The fourth-order valence-corrected chi connectivity index (χ4v) is 3.91. The summed E-state index contributed by atoms with van der Waals surface area (Å²) in [5.41, 5.74) is -0.536. The summed E-state index contributed by atoms with van der Waals surface area (Å²) >= 11 is 0. The summed E-state index contributed by atoms with van der Waals surface area (Å²) in [6, 6.07) is 8.93. The zero-order valence-electron chi connectivity index (χ0n) is 11.4. The van der Waals surface area contributed by atoms with Gasteiger partial charge in [0.2, 0.25) is 0 Å². The lowest BCUT2D eigenvalue weighted by Gasteiger charge is -2.31. The first kappa shape index (κ1) is 13.9. The van der Waals surface area contributed by atoms with Gasteiger partial charge in [0.1, 0.15) is 5.60 Å². The van der Waals surface area contributed by atoms with Gasteiger partial charge in [-0.2, -0.15) is 13.2 Å². The van der Waals surface area contributed by atoms with Gasteiger partial charge in [-0.15, -0.1) is 0 Å². The molecule has 1 atom stereocenters. The van der Waals surface area contributed by atoms with E-state index in [-0.39, 0.29) is 5.41 Å². The maximum Gasteiger partial charge on any atom is 0.392 e. The van der Waals surface area contributed by atoms with E-state index in [0.29, 0.717) is 18.6 Å². The molecular weight excluding hydrogens is 265 g/mol. The number of alkyl halides is 3. The van der Waals surface area contributed by atoms with Gasteiger partial charge in [-0.25, -0.2) is 0 Å². The van der Waals surface area contributed by atoms with Crippen molar-refractivity contribution >= 4 is 0 Å². The van der Waals surface area contributed by atoms with E-state index in [9.17, 15) is 13.2 Å². The molecule has 1 nitrogen and oxygen atoms in total. The van der Waals surface area contributed by atoms with Crippen LogP contribution in [0.15, 0.2) is 30.3 Å². The van der Waals surface area contributed by atoms with Crippen LogP contribution in [0.2, 0.25) is 0 Å². The first-order valence-electron chi connectivity index (χ1n) is 7.20. The third-order valence-electron chi connectivity index (χ3n) is 4.77. The zero-order chi connectivity index (χ0) is 14.3. The van der Waals surface area contributed by atoms with E-state index >= 15 is 0 Å². The van der Waals surface area contributed by atoms with Crippen LogP contribution in [-0.2, 0) is 10.3 Å². The molecule has 1 aromatic rings. The summed E-state index contributed by atoms with van der Waals surface area (Å²) in [7, 11) is 0. The molecule has 1 heterocycles. The summed E-state index contributed by atoms with van der Waals surface area (Å²) in [6.07, 6.45) is -0.366. The largest absolute Gasteiger partial charge is 0.392 e. The van der Waals surface area contributed by atoms with E-state index in [1.54, 1.807) is 24.3 Å². The molecule has 1 aliphatic heterocycles. The molecule has 1 aliphatic carbocycles. The van der Waals surface area contributed by atoms with Crippen molar-refractivity contribution < 1.29 is 17.9 Å². The number of ether oxygens (including phenoxy) is 1. The van der Waals surface area contributed by atoms with Crippen LogP contribution in [0.1, 0.15) is 44.1 Å². The molecule has 4 heteroatoms. The summed E-state index contributed by atoms with van der Waals surface area (Å²) in [6.45, 7) is 0.470. The molecule has 0 bridgehead atoms. The maximum atomic E-state index is 13.0. The normalized spacial score (nSPS) is 29.1. The number of hydrogen-bond acceptors (Lipinski definition) is 1. The molecule has 0 aromatic heterocycles. The van der Waals surface area contributed by atoms with Crippen LogP contribution < -0.4 is 0 Å². The average Bonchev–Trinajstić information content (AvgIpc) is 2.98. The van der Waals surface area contributed by atoms with Crippen molar-refractivity contribution in [3.8, 4) is 0 Å². The highest BCUT2D eigenvalue weighted by atomic mass is 19.4. The second-order valence-corrected chi connectivity index (χ2v) is 6.32. The summed E-state index contributed by atoms with van der Waals surface area (Å²) < 4.78 is 44.9. The summed E-state index contributed by atoms with van der Waals surface area (Å²) in [4.78, 5) is 0. The number of benzene rings is 1. The van der Waals surface area contributed by atoms with Gasteiger partial charge in [0.15, 0.2) is 0 Å². The molecule has 2 fully saturated rings. The topological polar surface area (TPSA) is 9.23 Å². The second kappa shape index (κ2) is 4.76. The van der Waals surface area contributed by atoms with Crippen LogP contribution >= 0.6 is 0 Å². The highest BCUT2D eigenvalue weighted by Crippen LogP contribution is 2.56. The highest BCUT2D eigenvalue weighted by Gasteiger charge is 2.55. The van der Waals surface area contributed by atoms with Gasteiger partial charge < -0.3 is 4.74 Å². The van der Waals surface area contributed by atoms with Crippen molar-refractivity contribution in [3.05, 3.63) is 35.9 Å². The smallest absolute Gasteiger partial charge is 0.369 e. The molecule has 0 radical (unpaired) electrons. The SMILES string of the molecule is FC(F)(F)C[C@@]1(c2ccccc2)CC2(CCCC2)CO1. The Kier molecular flexibility index (Phi) is 3.32. The Bertz CT molecular complexity index is 462. The summed E-state index contributed by atoms with van der Waals surface area (Å²) in [5.74, 6) is 0. The minimum atomic E-state index is -4.21. The van der Waals surface area contributed by atoms with Crippen molar-refractivity contribution in [2.75, 3.05) is 6.61 Å². The first-order chi connectivity index (χ1) is 9.43. The fourth-order valence-electron chi connectivity index (χ4n) is 3.91. The predicted molar refractivity (Wildman–Crippen MR) is 70.3 cm³/mol. The van der Waals surface area contributed by atoms with Crippen molar-refractivity contribution in [1.82, 2.24) is 0 Å². The van der Waals surface area contributed by atoms with Crippen LogP contribution in [0.4, 0.5) is 13.2 Å². The van der Waals surface area contributed by atoms with E-state index in [0.717, 1.165) is 25.7 Å². The minimum absolute atomic E-state index is 0.0267. The van der Waals surface area contributed by atoms with Crippen LogP contribution in [0.25, 0.3) is 0 Å². The lowest BCUT2D eigenvalue weighted by molar-refractivity contribution is -0.181. The van der Waals surface area contributed by atoms with Crippen LogP contribution in [0.5, 0.6) is 0 Å². The van der Waals surface area contributed by atoms with Crippen LogP contribution in [-0.4, -0.2) is 12.8 Å². The number of halogens is 3. The molecule has 1 aromatic carbocycles. The van der Waals surface area contributed by atoms with Crippen LogP contribution in [0, 0.1) is 5.41 Å². The molecule has 110 valence electrons. The Balaban J connectivity index is 1.93. The Morgan fingerprint density at radius 2 is 1.70 bits per heavy atom. The Hall–Kier alpha value is -1.03. The number of rotatable bonds is 2. The van der Waals surface area contributed by atoms with Gasteiger partial charge in [0, 0.05) is 0 Å². The Morgan fingerprint density at radius 3 is 2.30 bits per heavy atom. The minimum Gasteiger partial charge on any atom is -0.369 e. The number of hydrogen-bond donors (Lipinski definition) is 0. The van der Waals surface area contributed by atoms with Gasteiger partial charge in [-0.1, -0.05) is 43.2 Å². The quantitative estimate of drug-likeness (QED) is 0.757. The van der Waals surface area contributed by atoms with Gasteiger partial charge in [0.25, 0.3) is 0 Å². The monoisotopic (exact) mass is 284 g/mol. The van der Waals surface area contributed by atoms with E-state index in [1.165, 1.54) is 0 Å². The van der Waals surface area contributed by atoms with Crippen molar-refractivity contribution in [3.63, 3.8) is 0 Å². The predicted octanol–water partition coefficient (Wildman–Crippen LogP) is 4.82. The van der Waals surface area contributed by atoms with Gasteiger partial charge >= 0.3 is 6.18 Å². The average molecular weight is 284 g/mol. The van der Waals surface area contributed by atoms with Crippen molar-refractivity contribution in [2.45, 2.75) is 50.3 Å². The Morgan fingerprint density at radius 1 is 1.05 bits per heavy atom. The molecule has 1 spiro atoms. The molecule has 0 unspecified atom stereocenters. The summed E-state index contributed by atoms with van der Waals surface area (Å²) in [5, 5.41) is 0. The van der Waals surface area contributed by atoms with E-state index in [4.69, 9.17) is 4.74 Å². The Labute approximate surface area is 117 Å². The third kappa shape index (κ3) is 2.58. The van der Waals surface area contributed by atoms with Crippen LogP contribution in [0.3, 0.4) is 0 Å². The lowest BCUT2D eigenvalue weighted by Crippen LogP contribution is -2.32. The maximum absolute atomic E-state index is 13.0. The van der Waals surface area contributed by atoms with Gasteiger partial charge in [-0.3, -0.25) is 0 Å². The van der Waals surface area contributed by atoms with E-state index < -0.39 is 18.2 Å². The van der Waals surface area contributed by atoms with E-state index in [1.807, 2.05) is 6.07 Å². The molecule has 3 rings (SSSR count). The fraction of sp³-hybridized carbons (Fsp3) is 0.625. The highest BCUT2D eigenvalue weighted by molar-refractivity contribution is 5.25. The van der Waals surface area contributed by atoms with E-state index in [2.05, 4.69) is 0 Å². The molecule has 20 heavy (non-hydrogen) atoms. The van der Waals surface area contributed by atoms with Gasteiger partial charge in [-0.05, 0) is 30.2 Å². The van der Waals surface area contributed by atoms with Gasteiger partial charge in [0.05, 0.1) is 13.0 Å².